The molecule has 0 unspecified atom stereocenters. The Kier molecular flexibility index (Phi) is 5.84. The molecular weight excluding hydrogens is 414 g/mol. The Balaban J connectivity index is 1.65. The molecule has 0 saturated carbocycles. The minimum Gasteiger partial charge on any atom is -0.468 e. The third kappa shape index (κ3) is 4.29. The maximum Gasteiger partial charge on any atom is 0.325 e. The average Bonchev–Trinajstić information content (AvgIpc) is 3.33. The van der Waals surface area contributed by atoms with Gasteiger partial charge < -0.3 is 14.5 Å². The quantitative estimate of drug-likeness (QED) is 0.461. The van der Waals surface area contributed by atoms with Crippen LogP contribution >= 0.6 is 0 Å². The summed E-state index contributed by atoms with van der Waals surface area (Å²) < 4.78 is 11.2. The van der Waals surface area contributed by atoms with Crippen molar-refractivity contribution in [2.24, 2.45) is 0 Å². The number of methoxy groups -OCH3 is 1. The van der Waals surface area contributed by atoms with Gasteiger partial charge in [-0.25, -0.2) is 4.98 Å². The summed E-state index contributed by atoms with van der Waals surface area (Å²) in [4.78, 5) is 41.8. The third-order valence-corrected chi connectivity index (χ3v) is 4.48. The number of nitrogens with one attached hydrogen (secondary N) is 1. The first kappa shape index (κ1) is 20.7. The van der Waals surface area contributed by atoms with Crippen LogP contribution in [0.3, 0.4) is 0 Å². The van der Waals surface area contributed by atoms with Crippen molar-refractivity contribution in [2.45, 2.75) is 6.54 Å². The zero-order chi connectivity index (χ0) is 22.5. The summed E-state index contributed by atoms with van der Waals surface area (Å²) in [5.41, 5.74) is 0.475. The minimum atomic E-state index is -0.782. The van der Waals surface area contributed by atoms with Gasteiger partial charge in [0.1, 0.15) is 18.1 Å². The number of aromatic nitrogens is 4. The van der Waals surface area contributed by atoms with E-state index in [2.05, 4.69) is 25.2 Å². The minimum absolute atomic E-state index is 0.155. The van der Waals surface area contributed by atoms with Crippen LogP contribution in [0, 0.1) is 0 Å². The molecule has 10 nitrogen and oxygen atoms in total. The smallest absolute Gasteiger partial charge is 0.325 e. The van der Waals surface area contributed by atoms with Crippen LogP contribution < -0.4 is 10.9 Å². The summed E-state index contributed by atoms with van der Waals surface area (Å²) in [6.07, 6.45) is 1.21. The second kappa shape index (κ2) is 9.04. The molecule has 1 amide bonds. The van der Waals surface area contributed by atoms with Gasteiger partial charge in [0, 0.05) is 11.1 Å². The van der Waals surface area contributed by atoms with Gasteiger partial charge in [0.2, 0.25) is 5.89 Å². The van der Waals surface area contributed by atoms with E-state index in [0.29, 0.717) is 11.1 Å². The molecule has 0 saturated heterocycles. The van der Waals surface area contributed by atoms with Crippen LogP contribution in [0.2, 0.25) is 0 Å². The number of rotatable bonds is 6. The van der Waals surface area contributed by atoms with Crippen molar-refractivity contribution in [1.29, 1.82) is 0 Å². The highest BCUT2D eigenvalue weighted by atomic mass is 16.5. The van der Waals surface area contributed by atoms with Crippen molar-refractivity contribution >= 4 is 17.6 Å². The summed E-state index contributed by atoms with van der Waals surface area (Å²) >= 11 is 0. The fraction of sp³-hybridized carbons (Fsp3) is 0.0909. The predicted octanol–water partition coefficient (Wildman–Crippen LogP) is 2.39. The third-order valence-electron chi connectivity index (χ3n) is 4.48. The topological polar surface area (TPSA) is 129 Å². The van der Waals surface area contributed by atoms with Gasteiger partial charge in [-0.05, 0) is 12.1 Å². The molecule has 0 radical (unpaired) electrons. The van der Waals surface area contributed by atoms with Crippen LogP contribution in [0.5, 0.6) is 0 Å². The standard InChI is InChI=1S/C22H17N5O5/c1-31-17(28)13-27-18(14-8-4-2-5-9-14)23-12-16(22(27)30)24-19(29)21-26-25-20(32-21)15-10-6-3-7-11-15/h2-12H,13H2,1H3,(H,24,29). The monoisotopic (exact) mass is 431 g/mol. The highest BCUT2D eigenvalue weighted by Gasteiger charge is 2.20. The number of carbonyl (C=O) groups excluding carboxylic acids is 2. The molecule has 0 aliphatic carbocycles. The van der Waals surface area contributed by atoms with Gasteiger partial charge in [0.15, 0.2) is 0 Å². The SMILES string of the molecule is COC(=O)Cn1c(-c2ccccc2)ncc(NC(=O)c2nnc(-c3ccccc3)o2)c1=O. The molecule has 160 valence electrons. The summed E-state index contributed by atoms with van der Waals surface area (Å²) in [6.45, 7) is -0.380. The van der Waals surface area contributed by atoms with Gasteiger partial charge in [-0.15, -0.1) is 10.2 Å². The lowest BCUT2D eigenvalue weighted by Gasteiger charge is -2.13. The number of anilines is 1. The molecule has 2 aromatic heterocycles. The molecule has 2 heterocycles. The van der Waals surface area contributed by atoms with Gasteiger partial charge in [-0.1, -0.05) is 48.5 Å². The Morgan fingerprint density at radius 3 is 2.31 bits per heavy atom. The molecule has 0 fully saturated rings. The Bertz CT molecular complexity index is 1320. The van der Waals surface area contributed by atoms with Crippen LogP contribution in [0.1, 0.15) is 10.7 Å². The lowest BCUT2D eigenvalue weighted by atomic mass is 10.2. The largest absolute Gasteiger partial charge is 0.468 e. The van der Waals surface area contributed by atoms with Crippen LogP contribution in [-0.2, 0) is 16.1 Å². The van der Waals surface area contributed by atoms with E-state index in [1.165, 1.54) is 13.3 Å². The van der Waals surface area contributed by atoms with Crippen LogP contribution in [-0.4, -0.2) is 38.7 Å². The van der Waals surface area contributed by atoms with Crippen LogP contribution in [0.15, 0.2) is 76.1 Å². The molecule has 1 N–H and O–H groups in total. The lowest BCUT2D eigenvalue weighted by molar-refractivity contribution is -0.141. The van der Waals surface area contributed by atoms with Crippen LogP contribution in [0.4, 0.5) is 5.69 Å². The summed E-state index contributed by atoms with van der Waals surface area (Å²) in [5.74, 6) is -1.33. The molecular formula is C22H17N5O5. The Hall–Kier alpha value is -4.60. The maximum atomic E-state index is 13.0. The van der Waals surface area contributed by atoms with Crippen molar-refractivity contribution in [1.82, 2.24) is 19.7 Å². The first-order chi connectivity index (χ1) is 15.6. The number of hydrogen-bond acceptors (Lipinski definition) is 8. The zero-order valence-electron chi connectivity index (χ0n) is 16.9. The second-order valence-electron chi connectivity index (χ2n) is 6.56. The normalized spacial score (nSPS) is 10.5. The number of ether oxygens (including phenoxy) is 1. The molecule has 10 heteroatoms. The molecule has 4 aromatic rings. The number of amides is 1. The van der Waals surface area contributed by atoms with E-state index < -0.39 is 17.4 Å². The number of carbonyl (C=O) groups is 2. The fourth-order valence-corrected chi connectivity index (χ4v) is 2.92. The Morgan fingerprint density at radius 1 is 1.00 bits per heavy atom. The van der Waals surface area contributed by atoms with Crippen molar-refractivity contribution in [3.8, 4) is 22.8 Å². The first-order valence-electron chi connectivity index (χ1n) is 9.49. The van der Waals surface area contributed by atoms with E-state index in [4.69, 9.17) is 4.42 Å². The Labute approximate surface area is 181 Å². The molecule has 0 atom stereocenters. The summed E-state index contributed by atoms with van der Waals surface area (Å²) in [5, 5.41) is 10.0. The van der Waals surface area contributed by atoms with Crippen molar-refractivity contribution in [3.63, 3.8) is 0 Å². The van der Waals surface area contributed by atoms with Gasteiger partial charge in [-0.2, -0.15) is 0 Å². The van der Waals surface area contributed by atoms with Crippen molar-refractivity contribution < 1.29 is 18.7 Å². The molecule has 0 bridgehead atoms. The molecule has 32 heavy (non-hydrogen) atoms. The molecule has 4 rings (SSSR count). The van der Waals surface area contributed by atoms with Gasteiger partial charge in [0.25, 0.3) is 5.56 Å². The van der Waals surface area contributed by atoms with Gasteiger partial charge in [0.05, 0.1) is 13.3 Å². The molecule has 0 aliphatic heterocycles. The zero-order valence-corrected chi connectivity index (χ0v) is 16.9. The van der Waals surface area contributed by atoms with E-state index in [1.807, 2.05) is 12.1 Å². The number of hydrogen-bond donors (Lipinski definition) is 1. The number of nitrogens with zero attached hydrogens (tertiary/aromatic N) is 4. The highest BCUT2D eigenvalue weighted by Crippen LogP contribution is 2.18. The van der Waals surface area contributed by atoms with E-state index in [-0.39, 0.29) is 29.8 Å². The first-order valence-corrected chi connectivity index (χ1v) is 9.49. The highest BCUT2D eigenvalue weighted by molar-refractivity contribution is 6.00. The van der Waals surface area contributed by atoms with Crippen molar-refractivity contribution in [3.05, 3.63) is 83.1 Å². The van der Waals surface area contributed by atoms with Crippen LogP contribution in [0.25, 0.3) is 22.8 Å². The van der Waals surface area contributed by atoms with E-state index in [9.17, 15) is 14.4 Å². The average molecular weight is 431 g/mol. The maximum absolute atomic E-state index is 13.0. The lowest BCUT2D eigenvalue weighted by Crippen LogP contribution is -2.30. The van der Waals surface area contributed by atoms with Gasteiger partial charge >= 0.3 is 17.8 Å². The van der Waals surface area contributed by atoms with Gasteiger partial charge in [-0.3, -0.25) is 19.0 Å². The fourth-order valence-electron chi connectivity index (χ4n) is 2.92. The molecule has 0 aliphatic rings. The molecule has 0 spiro atoms. The number of esters is 1. The molecule has 2 aromatic carbocycles. The second-order valence-corrected chi connectivity index (χ2v) is 6.56. The predicted molar refractivity (Wildman–Crippen MR) is 114 cm³/mol. The van der Waals surface area contributed by atoms with Crippen molar-refractivity contribution in [2.75, 3.05) is 12.4 Å². The Morgan fingerprint density at radius 2 is 1.66 bits per heavy atom. The summed E-state index contributed by atoms with van der Waals surface area (Å²) in [6, 6.07) is 17.8. The van der Waals surface area contributed by atoms with E-state index >= 15 is 0 Å². The van der Waals surface area contributed by atoms with E-state index in [1.54, 1.807) is 48.5 Å². The summed E-state index contributed by atoms with van der Waals surface area (Å²) in [7, 11) is 1.22. The van der Waals surface area contributed by atoms with E-state index in [0.717, 1.165) is 4.57 Å². The number of benzene rings is 2.